The average molecular weight is 429 g/mol. The molecule has 2 aliphatic rings. The number of carbonyl (C=O) groups is 1. The molecule has 0 unspecified atom stereocenters. The Kier molecular flexibility index (Phi) is 4.24. The second kappa shape index (κ2) is 7.15. The molecule has 1 saturated carbocycles. The van der Waals surface area contributed by atoms with Gasteiger partial charge in [0.25, 0.3) is 11.9 Å². The molecule has 1 aliphatic heterocycles. The van der Waals surface area contributed by atoms with Gasteiger partial charge in [-0.05, 0) is 56.9 Å². The summed E-state index contributed by atoms with van der Waals surface area (Å²) >= 11 is 0. The lowest BCUT2D eigenvalue weighted by Crippen LogP contribution is -2.52. The third-order valence-electron chi connectivity index (χ3n) is 6.73. The third kappa shape index (κ3) is 2.96. The first-order valence-corrected chi connectivity index (χ1v) is 10.9. The van der Waals surface area contributed by atoms with Crippen LogP contribution in [0.3, 0.4) is 0 Å². The smallest absolute Gasteiger partial charge is 0.295 e. The molecular weight excluding hydrogens is 406 g/mol. The Morgan fingerprint density at radius 3 is 2.69 bits per heavy atom. The van der Waals surface area contributed by atoms with Gasteiger partial charge >= 0.3 is 0 Å². The predicted octanol–water partition coefficient (Wildman–Crippen LogP) is 3.22. The van der Waals surface area contributed by atoms with E-state index in [1.807, 2.05) is 48.2 Å². The van der Waals surface area contributed by atoms with Gasteiger partial charge in [-0.3, -0.25) is 4.79 Å². The quantitative estimate of drug-likeness (QED) is 0.531. The highest BCUT2D eigenvalue weighted by Crippen LogP contribution is 2.44. The average Bonchev–Trinajstić information content (AvgIpc) is 3.57. The minimum absolute atomic E-state index is 0.0401. The minimum atomic E-state index is -0.0925. The highest BCUT2D eigenvalue weighted by molar-refractivity contribution is 5.96. The summed E-state index contributed by atoms with van der Waals surface area (Å²) in [7, 11) is 0. The predicted molar refractivity (Wildman–Crippen MR) is 117 cm³/mol. The Labute approximate surface area is 184 Å². The zero-order valence-electron chi connectivity index (χ0n) is 17.8. The van der Waals surface area contributed by atoms with E-state index in [4.69, 9.17) is 4.42 Å². The number of anilines is 1. The fourth-order valence-electron chi connectivity index (χ4n) is 5.20. The summed E-state index contributed by atoms with van der Waals surface area (Å²) in [5.74, 6) is 0.326. The summed E-state index contributed by atoms with van der Waals surface area (Å²) in [6.45, 7) is 4.01. The number of aryl methyl sites for hydroxylation is 1. The monoisotopic (exact) mass is 429 g/mol. The van der Waals surface area contributed by atoms with E-state index >= 15 is 0 Å². The fourth-order valence-corrected chi connectivity index (χ4v) is 5.20. The van der Waals surface area contributed by atoms with E-state index in [9.17, 15) is 4.79 Å². The first kappa shape index (κ1) is 19.0. The molecule has 6 rings (SSSR count). The van der Waals surface area contributed by atoms with Crippen LogP contribution in [0.25, 0.3) is 16.8 Å². The van der Waals surface area contributed by atoms with Crippen molar-refractivity contribution in [2.75, 3.05) is 5.32 Å². The number of pyridine rings is 1. The molecule has 32 heavy (non-hydrogen) atoms. The Bertz CT molecular complexity index is 1270. The van der Waals surface area contributed by atoms with Crippen LogP contribution in [-0.4, -0.2) is 53.9 Å². The van der Waals surface area contributed by atoms with Crippen molar-refractivity contribution in [1.29, 1.82) is 0 Å². The topological polar surface area (TPSA) is 102 Å². The molecule has 1 aliphatic carbocycles. The van der Waals surface area contributed by atoms with Gasteiger partial charge in [0.15, 0.2) is 11.3 Å². The largest absolute Gasteiger partial charge is 0.424 e. The third-order valence-corrected chi connectivity index (χ3v) is 6.73. The summed E-state index contributed by atoms with van der Waals surface area (Å²) in [5.41, 5.74) is 3.31. The van der Waals surface area contributed by atoms with Gasteiger partial charge < -0.3 is 14.6 Å². The molecule has 162 valence electrons. The Morgan fingerprint density at radius 1 is 1.09 bits per heavy atom. The molecule has 3 aromatic heterocycles. The number of nitrogens with zero attached hydrogens (tertiary/aromatic N) is 6. The van der Waals surface area contributed by atoms with E-state index in [0.717, 1.165) is 29.6 Å². The first-order valence-electron chi connectivity index (χ1n) is 10.9. The second-order valence-electron chi connectivity index (χ2n) is 8.63. The molecule has 1 amide bonds. The number of amides is 1. The summed E-state index contributed by atoms with van der Waals surface area (Å²) < 4.78 is 5.87. The van der Waals surface area contributed by atoms with E-state index in [2.05, 4.69) is 32.4 Å². The molecule has 1 saturated heterocycles. The molecule has 0 spiro atoms. The zero-order valence-corrected chi connectivity index (χ0v) is 17.8. The SMILES string of the molecule is Cc1ccc(-n2nccn2)c(C(=O)N2[C@H](C)[C@@H]3C[C@@H](Nc4nc5ccccc5o4)[C@@H]2C3)n1. The number of carbonyl (C=O) groups excluding carboxylic acids is 1. The van der Waals surface area contributed by atoms with Gasteiger partial charge in [0.1, 0.15) is 11.2 Å². The van der Waals surface area contributed by atoms with E-state index < -0.39 is 0 Å². The highest BCUT2D eigenvalue weighted by Gasteiger charge is 2.52. The van der Waals surface area contributed by atoms with Crippen LogP contribution in [0.15, 0.2) is 53.2 Å². The Balaban J connectivity index is 1.31. The van der Waals surface area contributed by atoms with Crippen LogP contribution in [0, 0.1) is 12.8 Å². The van der Waals surface area contributed by atoms with Crippen LogP contribution in [-0.2, 0) is 0 Å². The van der Waals surface area contributed by atoms with Gasteiger partial charge in [0.2, 0.25) is 0 Å². The Morgan fingerprint density at radius 2 is 1.91 bits per heavy atom. The maximum absolute atomic E-state index is 13.8. The minimum Gasteiger partial charge on any atom is -0.424 e. The van der Waals surface area contributed by atoms with Gasteiger partial charge in [0.05, 0.1) is 24.5 Å². The number of benzene rings is 1. The van der Waals surface area contributed by atoms with Crippen LogP contribution in [0.5, 0.6) is 0 Å². The summed E-state index contributed by atoms with van der Waals surface area (Å²) in [5, 5.41) is 11.9. The first-order chi connectivity index (χ1) is 15.6. The van der Waals surface area contributed by atoms with E-state index in [-0.39, 0.29) is 24.0 Å². The number of aromatic nitrogens is 5. The zero-order chi connectivity index (χ0) is 21.8. The number of rotatable bonds is 4. The van der Waals surface area contributed by atoms with Crippen LogP contribution in [0.4, 0.5) is 6.01 Å². The van der Waals surface area contributed by atoms with Gasteiger partial charge in [-0.15, -0.1) is 4.80 Å². The second-order valence-corrected chi connectivity index (χ2v) is 8.63. The number of oxazole rings is 1. The van der Waals surface area contributed by atoms with Crippen molar-refractivity contribution in [2.24, 2.45) is 5.92 Å². The molecule has 4 atom stereocenters. The maximum atomic E-state index is 13.8. The molecule has 2 bridgehead atoms. The number of hydrogen-bond acceptors (Lipinski definition) is 7. The van der Waals surface area contributed by atoms with Crippen molar-refractivity contribution < 1.29 is 9.21 Å². The number of hydrogen-bond donors (Lipinski definition) is 1. The maximum Gasteiger partial charge on any atom is 0.295 e. The van der Waals surface area contributed by atoms with Crippen LogP contribution < -0.4 is 5.32 Å². The molecule has 2 fully saturated rings. The molecule has 9 nitrogen and oxygen atoms in total. The van der Waals surface area contributed by atoms with Gasteiger partial charge in [-0.25, -0.2) is 4.98 Å². The van der Waals surface area contributed by atoms with Crippen molar-refractivity contribution >= 4 is 23.0 Å². The summed E-state index contributed by atoms with van der Waals surface area (Å²) in [6, 6.07) is 12.2. The summed E-state index contributed by atoms with van der Waals surface area (Å²) in [4.78, 5) is 26.3. The number of fused-ring (bicyclic) bond motifs is 3. The van der Waals surface area contributed by atoms with Crippen molar-refractivity contribution in [3.8, 4) is 5.69 Å². The van der Waals surface area contributed by atoms with Crippen LogP contribution in [0.1, 0.15) is 35.9 Å². The van der Waals surface area contributed by atoms with E-state index in [1.54, 1.807) is 12.4 Å². The molecule has 4 heterocycles. The lowest BCUT2D eigenvalue weighted by Gasteiger charge is -2.38. The van der Waals surface area contributed by atoms with Gasteiger partial charge in [-0.2, -0.15) is 15.2 Å². The molecule has 0 radical (unpaired) electrons. The fraction of sp³-hybridized carbons (Fsp3) is 0.348. The molecule has 9 heteroatoms. The van der Waals surface area contributed by atoms with Gasteiger partial charge in [-0.1, -0.05) is 12.1 Å². The number of para-hydroxylation sites is 2. The standard InChI is InChI=1S/C23H23N7O2/c1-13-7-8-18(30-24-9-10-25-30)21(26-13)22(31)29-14(2)15-11-17(19(29)12-15)28-23-27-16-5-3-4-6-20(16)32-23/h3-10,14-15,17,19H,11-12H2,1-2H3,(H,27,28)/t14-,15-,17-,19+/m1/s1. The summed E-state index contributed by atoms with van der Waals surface area (Å²) in [6.07, 6.45) is 5.11. The lowest BCUT2D eigenvalue weighted by molar-refractivity contribution is 0.0590. The normalized spacial score (nSPS) is 24.4. The van der Waals surface area contributed by atoms with E-state index in [1.165, 1.54) is 4.80 Å². The number of piperidine rings is 1. The van der Waals surface area contributed by atoms with Crippen molar-refractivity contribution in [3.05, 3.63) is 60.2 Å². The van der Waals surface area contributed by atoms with Crippen molar-refractivity contribution in [3.63, 3.8) is 0 Å². The number of nitrogens with one attached hydrogen (secondary N) is 1. The molecular formula is C23H23N7O2. The molecule has 4 aromatic rings. The lowest BCUT2D eigenvalue weighted by atomic mass is 9.97. The van der Waals surface area contributed by atoms with Crippen molar-refractivity contribution in [2.45, 2.75) is 44.8 Å². The number of likely N-dealkylation sites (tertiary alicyclic amines) is 1. The highest BCUT2D eigenvalue weighted by atomic mass is 16.4. The van der Waals surface area contributed by atoms with Crippen molar-refractivity contribution in [1.82, 2.24) is 29.9 Å². The Hall–Kier alpha value is -3.75. The van der Waals surface area contributed by atoms with Crippen LogP contribution >= 0.6 is 0 Å². The van der Waals surface area contributed by atoms with Gasteiger partial charge in [0, 0.05) is 11.7 Å². The van der Waals surface area contributed by atoms with E-state index in [0.29, 0.717) is 23.3 Å². The van der Waals surface area contributed by atoms with Crippen LogP contribution in [0.2, 0.25) is 0 Å². The molecule has 1 N–H and O–H groups in total. The molecule has 1 aromatic carbocycles.